The molecule has 1 aromatic carbocycles. The van der Waals surface area contributed by atoms with Crippen LogP contribution >= 0.6 is 11.6 Å². The van der Waals surface area contributed by atoms with E-state index in [1.165, 1.54) is 4.90 Å². The van der Waals surface area contributed by atoms with E-state index in [4.69, 9.17) is 16.9 Å². The third kappa shape index (κ3) is 2.44. The van der Waals surface area contributed by atoms with Crippen LogP contribution in [0.5, 0.6) is 0 Å². The third-order valence-corrected chi connectivity index (χ3v) is 3.08. The summed E-state index contributed by atoms with van der Waals surface area (Å²) in [5.74, 6) is -1.37. The van der Waals surface area contributed by atoms with Crippen molar-refractivity contribution in [1.29, 1.82) is 5.26 Å². The van der Waals surface area contributed by atoms with Crippen molar-refractivity contribution in [3.63, 3.8) is 0 Å². The lowest BCUT2D eigenvalue weighted by Gasteiger charge is -2.29. The fourth-order valence-corrected chi connectivity index (χ4v) is 1.92. The topological polar surface area (TPSA) is 73.2 Å². The van der Waals surface area contributed by atoms with Crippen molar-refractivity contribution in [2.75, 3.05) is 6.54 Å². The summed E-state index contributed by atoms with van der Waals surface area (Å²) in [6.45, 7) is 0.364. The Balaban J connectivity index is 2.14. The Morgan fingerprint density at radius 2 is 2.17 bits per heavy atom. The maximum absolute atomic E-state index is 11.6. The summed E-state index contributed by atoms with van der Waals surface area (Å²) in [5.41, 5.74) is 0.778. The Labute approximate surface area is 109 Å². The van der Waals surface area contributed by atoms with Gasteiger partial charge in [0.2, 0.25) is 5.91 Å². The van der Waals surface area contributed by atoms with Gasteiger partial charge in [-0.3, -0.25) is 10.1 Å². The van der Waals surface area contributed by atoms with Gasteiger partial charge in [0, 0.05) is 18.1 Å². The molecule has 1 atom stereocenters. The highest BCUT2D eigenvalue weighted by molar-refractivity contribution is 6.31. The van der Waals surface area contributed by atoms with Crippen LogP contribution in [-0.2, 0) is 11.3 Å². The van der Waals surface area contributed by atoms with Gasteiger partial charge in [-0.1, -0.05) is 29.8 Å². The van der Waals surface area contributed by atoms with Crippen LogP contribution in [0.4, 0.5) is 4.79 Å². The van der Waals surface area contributed by atoms with Crippen LogP contribution in [0, 0.1) is 17.2 Å². The van der Waals surface area contributed by atoms with E-state index in [0.29, 0.717) is 5.02 Å². The van der Waals surface area contributed by atoms with Crippen molar-refractivity contribution in [3.8, 4) is 6.07 Å². The molecule has 92 valence electrons. The Morgan fingerprint density at radius 3 is 2.83 bits per heavy atom. The van der Waals surface area contributed by atoms with E-state index in [0.717, 1.165) is 5.56 Å². The molecule has 3 amide bonds. The number of urea groups is 1. The van der Waals surface area contributed by atoms with E-state index in [9.17, 15) is 9.59 Å². The molecule has 1 aliphatic rings. The zero-order valence-corrected chi connectivity index (χ0v) is 10.1. The molecule has 1 unspecified atom stereocenters. The average molecular weight is 264 g/mol. The number of nitriles is 1. The molecule has 1 aromatic rings. The summed E-state index contributed by atoms with van der Waals surface area (Å²) in [5, 5.41) is 11.5. The highest BCUT2D eigenvalue weighted by Crippen LogP contribution is 2.19. The molecular formula is C12H10ClN3O2. The second-order valence-electron chi connectivity index (χ2n) is 3.95. The van der Waals surface area contributed by atoms with Crippen LogP contribution in [0.25, 0.3) is 0 Å². The molecule has 0 aromatic heterocycles. The molecule has 1 N–H and O–H groups in total. The largest absolute Gasteiger partial charge is 0.324 e. The number of amides is 3. The summed E-state index contributed by atoms with van der Waals surface area (Å²) in [6.07, 6.45) is 0. The van der Waals surface area contributed by atoms with Crippen LogP contribution in [-0.4, -0.2) is 23.4 Å². The molecule has 2 rings (SSSR count). The number of rotatable bonds is 2. The Morgan fingerprint density at radius 1 is 1.44 bits per heavy atom. The predicted molar refractivity (Wildman–Crippen MR) is 64.5 cm³/mol. The number of carbonyl (C=O) groups excluding carboxylic acids is 2. The molecule has 5 nitrogen and oxygen atoms in total. The number of nitrogens with zero attached hydrogens (tertiary/aromatic N) is 2. The third-order valence-electron chi connectivity index (χ3n) is 2.71. The first kappa shape index (κ1) is 12.4. The summed E-state index contributed by atoms with van der Waals surface area (Å²) in [6, 6.07) is 8.51. The molecule has 0 spiro atoms. The van der Waals surface area contributed by atoms with Crippen LogP contribution in [0.1, 0.15) is 5.56 Å². The molecule has 18 heavy (non-hydrogen) atoms. The van der Waals surface area contributed by atoms with E-state index in [-0.39, 0.29) is 13.1 Å². The fraction of sp³-hybridized carbons (Fsp3) is 0.250. The minimum Gasteiger partial charge on any atom is -0.318 e. The Hall–Kier alpha value is -2.06. The maximum atomic E-state index is 11.6. The molecule has 0 radical (unpaired) electrons. The second-order valence-corrected chi connectivity index (χ2v) is 4.36. The lowest BCUT2D eigenvalue weighted by molar-refractivity contribution is -0.124. The number of halogens is 1. The maximum Gasteiger partial charge on any atom is 0.324 e. The van der Waals surface area contributed by atoms with Crippen molar-refractivity contribution in [3.05, 3.63) is 34.9 Å². The zero-order valence-electron chi connectivity index (χ0n) is 9.39. The minimum absolute atomic E-state index is 0.0897. The van der Waals surface area contributed by atoms with E-state index >= 15 is 0 Å². The minimum atomic E-state index is -0.829. The first-order chi connectivity index (χ1) is 8.61. The van der Waals surface area contributed by atoms with E-state index in [1.807, 2.05) is 12.1 Å². The monoisotopic (exact) mass is 263 g/mol. The molecule has 6 heteroatoms. The molecule has 1 heterocycles. The quantitative estimate of drug-likeness (QED) is 0.879. The Bertz CT molecular complexity index is 538. The van der Waals surface area contributed by atoms with E-state index < -0.39 is 17.9 Å². The second kappa shape index (κ2) is 5.07. The summed E-state index contributed by atoms with van der Waals surface area (Å²) >= 11 is 6.00. The van der Waals surface area contributed by atoms with Crippen LogP contribution in [0.2, 0.25) is 5.02 Å². The van der Waals surface area contributed by atoms with Crippen LogP contribution in [0.15, 0.2) is 24.3 Å². The zero-order chi connectivity index (χ0) is 13.1. The van der Waals surface area contributed by atoms with Gasteiger partial charge in [0.05, 0.1) is 6.07 Å². The van der Waals surface area contributed by atoms with Gasteiger partial charge in [0.25, 0.3) is 0 Å². The lowest BCUT2D eigenvalue weighted by atomic mass is 10.1. The first-order valence-electron chi connectivity index (χ1n) is 5.34. The van der Waals surface area contributed by atoms with Crippen molar-refractivity contribution >= 4 is 23.5 Å². The van der Waals surface area contributed by atoms with Gasteiger partial charge in [0.1, 0.15) is 5.92 Å². The molecule has 1 aliphatic heterocycles. The van der Waals surface area contributed by atoms with Crippen molar-refractivity contribution in [2.45, 2.75) is 6.54 Å². The van der Waals surface area contributed by atoms with Gasteiger partial charge in [-0.2, -0.15) is 5.26 Å². The number of hydrogen-bond donors (Lipinski definition) is 1. The molecule has 0 aliphatic carbocycles. The van der Waals surface area contributed by atoms with Crippen LogP contribution in [0.3, 0.4) is 0 Å². The van der Waals surface area contributed by atoms with Gasteiger partial charge in [0.15, 0.2) is 0 Å². The number of imide groups is 1. The fourth-order valence-electron chi connectivity index (χ4n) is 1.73. The normalized spacial score (nSPS) is 19.3. The number of carbonyl (C=O) groups is 2. The summed E-state index contributed by atoms with van der Waals surface area (Å²) < 4.78 is 0. The average Bonchev–Trinajstić information content (AvgIpc) is 2.35. The van der Waals surface area contributed by atoms with Gasteiger partial charge in [-0.05, 0) is 11.6 Å². The van der Waals surface area contributed by atoms with Gasteiger partial charge in [-0.25, -0.2) is 4.79 Å². The SMILES string of the molecule is N#CC1CN(Cc2ccccc2Cl)C(=O)NC1=O. The molecule has 1 saturated heterocycles. The van der Waals surface area contributed by atoms with E-state index in [2.05, 4.69) is 5.32 Å². The predicted octanol–water partition coefficient (Wildman–Crippen LogP) is 1.53. The summed E-state index contributed by atoms with van der Waals surface area (Å²) in [7, 11) is 0. The number of hydrogen-bond acceptors (Lipinski definition) is 3. The summed E-state index contributed by atoms with van der Waals surface area (Å²) in [4.78, 5) is 24.3. The molecule has 1 fully saturated rings. The number of nitrogens with one attached hydrogen (secondary N) is 1. The highest BCUT2D eigenvalue weighted by Gasteiger charge is 2.32. The lowest BCUT2D eigenvalue weighted by Crippen LogP contribution is -2.53. The van der Waals surface area contributed by atoms with Gasteiger partial charge >= 0.3 is 6.03 Å². The van der Waals surface area contributed by atoms with Gasteiger partial charge < -0.3 is 4.90 Å². The van der Waals surface area contributed by atoms with Crippen molar-refractivity contribution in [1.82, 2.24) is 10.2 Å². The van der Waals surface area contributed by atoms with Crippen molar-refractivity contribution < 1.29 is 9.59 Å². The molecule has 0 bridgehead atoms. The van der Waals surface area contributed by atoms with Gasteiger partial charge in [-0.15, -0.1) is 0 Å². The van der Waals surface area contributed by atoms with Crippen molar-refractivity contribution in [2.24, 2.45) is 5.92 Å². The highest BCUT2D eigenvalue weighted by atomic mass is 35.5. The van der Waals surface area contributed by atoms with Crippen LogP contribution < -0.4 is 5.32 Å². The Kier molecular flexibility index (Phi) is 3.49. The van der Waals surface area contributed by atoms with E-state index in [1.54, 1.807) is 18.2 Å². The smallest absolute Gasteiger partial charge is 0.318 e. The molecule has 0 saturated carbocycles. The molecular weight excluding hydrogens is 254 g/mol. The first-order valence-corrected chi connectivity index (χ1v) is 5.72. The standard InChI is InChI=1S/C12H10ClN3O2/c13-10-4-2-1-3-8(10)6-16-7-9(5-14)11(17)15-12(16)18/h1-4,9H,6-7H2,(H,15,17,18). The number of benzene rings is 1.